The number of halogens is 4. The van der Waals surface area contributed by atoms with Gasteiger partial charge in [-0.25, -0.2) is 8.78 Å². The highest BCUT2D eigenvalue weighted by Crippen LogP contribution is 2.30. The summed E-state index contributed by atoms with van der Waals surface area (Å²) >= 11 is 0. The predicted octanol–water partition coefficient (Wildman–Crippen LogP) is 2.52. The molecular formula is C13H15F4NO2. The van der Waals surface area contributed by atoms with Gasteiger partial charge in [-0.2, -0.15) is 8.78 Å². The minimum Gasteiger partial charge on any atom is -0.491 e. The van der Waals surface area contributed by atoms with Crippen molar-refractivity contribution in [3.8, 4) is 5.75 Å². The van der Waals surface area contributed by atoms with Crippen molar-refractivity contribution >= 4 is 0 Å². The standard InChI is InChI=1S/C13H15F4NO2/c1-19-13-11(16)9(14)8(10(15)12(13)17)6-20-7-2-4-18-5-3-7/h7,18H,2-6H2,1H3. The maximum absolute atomic E-state index is 13.7. The molecule has 0 radical (unpaired) electrons. The Morgan fingerprint density at radius 2 is 1.55 bits per heavy atom. The third-order valence-corrected chi connectivity index (χ3v) is 3.27. The number of hydrogen-bond acceptors (Lipinski definition) is 3. The van der Waals surface area contributed by atoms with Gasteiger partial charge < -0.3 is 14.8 Å². The zero-order chi connectivity index (χ0) is 14.7. The average molecular weight is 293 g/mol. The van der Waals surface area contributed by atoms with E-state index >= 15 is 0 Å². The molecule has 0 spiro atoms. The molecule has 0 saturated carbocycles. The van der Waals surface area contributed by atoms with Crippen molar-refractivity contribution in [1.82, 2.24) is 5.32 Å². The SMILES string of the molecule is COc1c(F)c(F)c(COC2CCNCC2)c(F)c1F. The van der Waals surface area contributed by atoms with E-state index in [0.29, 0.717) is 12.8 Å². The van der Waals surface area contributed by atoms with E-state index in [2.05, 4.69) is 10.1 Å². The minimum atomic E-state index is -1.55. The fraction of sp³-hybridized carbons (Fsp3) is 0.538. The number of hydrogen-bond donors (Lipinski definition) is 1. The number of ether oxygens (including phenoxy) is 2. The van der Waals surface area contributed by atoms with E-state index in [1.165, 1.54) is 0 Å². The van der Waals surface area contributed by atoms with Crippen LogP contribution < -0.4 is 10.1 Å². The number of methoxy groups -OCH3 is 1. The molecule has 1 saturated heterocycles. The summed E-state index contributed by atoms with van der Waals surface area (Å²) < 4.78 is 64.0. The Morgan fingerprint density at radius 1 is 1.00 bits per heavy atom. The third kappa shape index (κ3) is 2.88. The van der Waals surface area contributed by atoms with Crippen LogP contribution in [0.2, 0.25) is 0 Å². The van der Waals surface area contributed by atoms with E-state index in [4.69, 9.17) is 4.74 Å². The first-order valence-electron chi connectivity index (χ1n) is 6.27. The van der Waals surface area contributed by atoms with Crippen LogP contribution >= 0.6 is 0 Å². The first-order valence-corrected chi connectivity index (χ1v) is 6.27. The van der Waals surface area contributed by atoms with Gasteiger partial charge in [-0.05, 0) is 25.9 Å². The Hall–Kier alpha value is -1.34. The number of rotatable bonds is 4. The summed E-state index contributed by atoms with van der Waals surface area (Å²) in [6, 6.07) is 0. The number of piperidine rings is 1. The van der Waals surface area contributed by atoms with Crippen molar-refractivity contribution < 1.29 is 27.0 Å². The lowest BCUT2D eigenvalue weighted by Gasteiger charge is -2.23. The molecule has 3 nitrogen and oxygen atoms in total. The second-order valence-electron chi connectivity index (χ2n) is 4.53. The van der Waals surface area contributed by atoms with Gasteiger partial charge in [0.05, 0.1) is 25.4 Å². The fourth-order valence-corrected chi connectivity index (χ4v) is 2.13. The molecular weight excluding hydrogens is 278 g/mol. The lowest BCUT2D eigenvalue weighted by atomic mass is 10.1. The summed E-state index contributed by atoms with van der Waals surface area (Å²) in [4.78, 5) is 0. The summed E-state index contributed by atoms with van der Waals surface area (Å²) in [7, 11) is 0.936. The number of benzene rings is 1. The first kappa shape index (κ1) is 15.1. The van der Waals surface area contributed by atoms with Crippen molar-refractivity contribution in [2.75, 3.05) is 20.2 Å². The third-order valence-electron chi connectivity index (χ3n) is 3.27. The van der Waals surface area contributed by atoms with Crippen molar-refractivity contribution in [2.45, 2.75) is 25.6 Å². The Kier molecular flexibility index (Phi) is 4.82. The molecule has 1 aromatic carbocycles. The molecule has 1 aromatic rings. The van der Waals surface area contributed by atoms with Gasteiger partial charge in [0.25, 0.3) is 0 Å². The van der Waals surface area contributed by atoms with Crippen LogP contribution in [0.1, 0.15) is 18.4 Å². The van der Waals surface area contributed by atoms with Gasteiger partial charge in [-0.15, -0.1) is 0 Å². The van der Waals surface area contributed by atoms with Crippen LogP contribution in [0.25, 0.3) is 0 Å². The maximum atomic E-state index is 13.7. The van der Waals surface area contributed by atoms with E-state index in [-0.39, 0.29) is 6.10 Å². The quantitative estimate of drug-likeness (QED) is 0.683. The summed E-state index contributed by atoms with van der Waals surface area (Å²) in [6.45, 7) is 0.960. The van der Waals surface area contributed by atoms with Gasteiger partial charge in [0.2, 0.25) is 11.6 Å². The Bertz CT molecular complexity index is 461. The largest absolute Gasteiger partial charge is 0.491 e. The van der Waals surface area contributed by atoms with Crippen LogP contribution in [0, 0.1) is 23.3 Å². The lowest BCUT2D eigenvalue weighted by Crippen LogP contribution is -2.32. The van der Waals surface area contributed by atoms with Crippen molar-refractivity contribution in [1.29, 1.82) is 0 Å². The van der Waals surface area contributed by atoms with Crippen molar-refractivity contribution in [2.24, 2.45) is 0 Å². The van der Waals surface area contributed by atoms with Crippen LogP contribution in [0.3, 0.4) is 0 Å². The van der Waals surface area contributed by atoms with Gasteiger partial charge in [-0.3, -0.25) is 0 Å². The van der Waals surface area contributed by atoms with Crippen molar-refractivity contribution in [3.05, 3.63) is 28.8 Å². The molecule has 20 heavy (non-hydrogen) atoms. The molecule has 2 rings (SSSR count). The highest BCUT2D eigenvalue weighted by molar-refractivity contribution is 5.34. The van der Waals surface area contributed by atoms with Crippen LogP contribution in [-0.2, 0) is 11.3 Å². The number of nitrogens with one attached hydrogen (secondary N) is 1. The van der Waals surface area contributed by atoms with Gasteiger partial charge in [0, 0.05) is 0 Å². The summed E-state index contributed by atoms with van der Waals surface area (Å²) in [5, 5.41) is 3.10. The Balaban J connectivity index is 2.18. The molecule has 0 atom stereocenters. The molecule has 112 valence electrons. The monoisotopic (exact) mass is 293 g/mol. The Morgan fingerprint density at radius 3 is 2.05 bits per heavy atom. The normalized spacial score (nSPS) is 16.4. The smallest absolute Gasteiger partial charge is 0.204 e. The summed E-state index contributed by atoms with van der Waals surface area (Å²) in [5.41, 5.74) is -0.751. The van der Waals surface area contributed by atoms with Crippen LogP contribution in [-0.4, -0.2) is 26.3 Å². The topological polar surface area (TPSA) is 30.5 Å². The average Bonchev–Trinajstić information content (AvgIpc) is 2.47. The molecule has 0 unspecified atom stereocenters. The van der Waals surface area contributed by atoms with E-state index in [0.717, 1.165) is 20.2 Å². The molecule has 0 aliphatic carbocycles. The highest BCUT2D eigenvalue weighted by Gasteiger charge is 2.27. The zero-order valence-corrected chi connectivity index (χ0v) is 10.9. The second kappa shape index (κ2) is 6.41. The van der Waals surface area contributed by atoms with E-state index in [1.807, 2.05) is 0 Å². The fourth-order valence-electron chi connectivity index (χ4n) is 2.13. The molecule has 7 heteroatoms. The molecule has 0 bridgehead atoms. The lowest BCUT2D eigenvalue weighted by molar-refractivity contribution is 0.0178. The molecule has 1 aliphatic rings. The summed E-state index contributed by atoms with van der Waals surface area (Å²) in [5.74, 6) is -7.11. The van der Waals surface area contributed by atoms with Gasteiger partial charge in [-0.1, -0.05) is 0 Å². The van der Waals surface area contributed by atoms with Gasteiger partial charge >= 0.3 is 0 Å². The molecule has 1 N–H and O–H groups in total. The first-order chi connectivity index (χ1) is 9.56. The zero-order valence-electron chi connectivity index (χ0n) is 10.9. The molecule has 1 aliphatic heterocycles. The Labute approximate surface area is 113 Å². The van der Waals surface area contributed by atoms with E-state index in [9.17, 15) is 17.6 Å². The van der Waals surface area contributed by atoms with Gasteiger partial charge in [0.15, 0.2) is 17.4 Å². The van der Waals surface area contributed by atoms with Crippen molar-refractivity contribution in [3.63, 3.8) is 0 Å². The minimum absolute atomic E-state index is 0.178. The maximum Gasteiger partial charge on any atom is 0.204 e. The predicted molar refractivity (Wildman–Crippen MR) is 63.5 cm³/mol. The van der Waals surface area contributed by atoms with E-state index < -0.39 is 41.2 Å². The van der Waals surface area contributed by atoms with Gasteiger partial charge in [0.1, 0.15) is 0 Å². The van der Waals surface area contributed by atoms with E-state index in [1.54, 1.807) is 0 Å². The van der Waals surface area contributed by atoms with Crippen LogP contribution in [0.15, 0.2) is 0 Å². The highest BCUT2D eigenvalue weighted by atomic mass is 19.2. The molecule has 0 amide bonds. The second-order valence-corrected chi connectivity index (χ2v) is 4.53. The van der Waals surface area contributed by atoms with Crippen LogP contribution in [0.5, 0.6) is 5.75 Å². The molecule has 1 heterocycles. The molecule has 1 fully saturated rings. The molecule has 0 aromatic heterocycles. The van der Waals surface area contributed by atoms with Crippen LogP contribution in [0.4, 0.5) is 17.6 Å². The summed E-state index contributed by atoms with van der Waals surface area (Å²) in [6.07, 6.45) is 1.19.